The SMILES string of the molecule is CN(Cc1ccc(Cl)c(Cl)c1)C(=O)COC(=O)c1cccc2cccnc12. The van der Waals surface area contributed by atoms with E-state index in [1.165, 1.54) is 4.90 Å². The van der Waals surface area contributed by atoms with E-state index in [0.29, 0.717) is 27.7 Å². The molecule has 1 aromatic heterocycles. The van der Waals surface area contributed by atoms with Gasteiger partial charge in [-0.1, -0.05) is 47.5 Å². The van der Waals surface area contributed by atoms with Gasteiger partial charge in [0, 0.05) is 25.2 Å². The number of hydrogen-bond acceptors (Lipinski definition) is 4. The summed E-state index contributed by atoms with van der Waals surface area (Å²) in [6.45, 7) is -0.0387. The Morgan fingerprint density at radius 2 is 1.85 bits per heavy atom. The minimum atomic E-state index is -0.587. The van der Waals surface area contributed by atoms with Crippen LogP contribution >= 0.6 is 23.2 Å². The molecular formula is C20H16Cl2N2O3. The molecule has 0 fully saturated rings. The monoisotopic (exact) mass is 402 g/mol. The van der Waals surface area contributed by atoms with Gasteiger partial charge in [-0.3, -0.25) is 9.78 Å². The van der Waals surface area contributed by atoms with Gasteiger partial charge in [0.25, 0.3) is 5.91 Å². The van der Waals surface area contributed by atoms with Gasteiger partial charge < -0.3 is 9.64 Å². The summed E-state index contributed by atoms with van der Waals surface area (Å²) in [6, 6.07) is 14.0. The predicted octanol–water partition coefficient (Wildman–Crippen LogP) is 4.36. The second-order valence-electron chi connectivity index (χ2n) is 5.96. The van der Waals surface area contributed by atoms with Crippen LogP contribution in [0.25, 0.3) is 10.9 Å². The minimum absolute atomic E-state index is 0.323. The Bertz CT molecular complexity index is 1000. The molecule has 0 saturated carbocycles. The molecule has 1 heterocycles. The van der Waals surface area contributed by atoms with Gasteiger partial charge >= 0.3 is 5.97 Å². The summed E-state index contributed by atoms with van der Waals surface area (Å²) in [5.74, 6) is -0.918. The molecule has 0 radical (unpaired) electrons. The number of rotatable bonds is 5. The van der Waals surface area contributed by atoms with Crippen LogP contribution in [-0.2, 0) is 16.1 Å². The number of fused-ring (bicyclic) bond motifs is 1. The second kappa shape index (κ2) is 8.37. The van der Waals surface area contributed by atoms with E-state index < -0.39 is 5.97 Å². The molecule has 0 spiro atoms. The summed E-state index contributed by atoms with van der Waals surface area (Å²) in [5.41, 5.74) is 1.69. The number of carbonyl (C=O) groups is 2. The van der Waals surface area contributed by atoms with Gasteiger partial charge in [-0.15, -0.1) is 0 Å². The van der Waals surface area contributed by atoms with Gasteiger partial charge in [0.1, 0.15) is 0 Å². The number of carbonyl (C=O) groups excluding carboxylic acids is 2. The maximum atomic E-state index is 12.4. The molecule has 0 aliphatic heterocycles. The third kappa shape index (κ3) is 4.56. The third-order valence-corrected chi connectivity index (χ3v) is 4.75. The molecule has 7 heteroatoms. The smallest absolute Gasteiger partial charge is 0.340 e. The molecule has 27 heavy (non-hydrogen) atoms. The lowest BCUT2D eigenvalue weighted by Crippen LogP contribution is -2.30. The number of ether oxygens (including phenoxy) is 1. The molecule has 3 rings (SSSR count). The number of amides is 1. The maximum Gasteiger partial charge on any atom is 0.340 e. The average molecular weight is 403 g/mol. The topological polar surface area (TPSA) is 59.5 Å². The Balaban J connectivity index is 1.62. The Morgan fingerprint density at radius 3 is 2.63 bits per heavy atom. The number of esters is 1. The van der Waals surface area contributed by atoms with Crippen LogP contribution in [0.5, 0.6) is 0 Å². The number of halogens is 2. The molecule has 0 unspecified atom stereocenters. The Kier molecular flexibility index (Phi) is 5.94. The highest BCUT2D eigenvalue weighted by Gasteiger charge is 2.16. The lowest BCUT2D eigenvalue weighted by atomic mass is 10.1. The number of nitrogens with zero attached hydrogens (tertiary/aromatic N) is 2. The van der Waals surface area contributed by atoms with E-state index in [0.717, 1.165) is 10.9 Å². The number of likely N-dealkylation sites (N-methyl/N-ethyl adjacent to an activating group) is 1. The Morgan fingerprint density at radius 1 is 1.07 bits per heavy atom. The van der Waals surface area contributed by atoms with Gasteiger partial charge in [-0.05, 0) is 29.8 Å². The second-order valence-corrected chi connectivity index (χ2v) is 6.77. The van der Waals surface area contributed by atoms with E-state index in [-0.39, 0.29) is 12.5 Å². The van der Waals surface area contributed by atoms with Crippen LogP contribution in [0.2, 0.25) is 10.0 Å². The lowest BCUT2D eigenvalue weighted by molar-refractivity contribution is -0.133. The van der Waals surface area contributed by atoms with E-state index in [9.17, 15) is 9.59 Å². The highest BCUT2D eigenvalue weighted by molar-refractivity contribution is 6.42. The van der Waals surface area contributed by atoms with Gasteiger partial charge in [-0.25, -0.2) is 4.79 Å². The first-order valence-corrected chi connectivity index (χ1v) is 8.90. The van der Waals surface area contributed by atoms with Crippen molar-refractivity contribution in [3.63, 3.8) is 0 Å². The predicted molar refractivity (Wildman–Crippen MR) is 105 cm³/mol. The van der Waals surface area contributed by atoms with Gasteiger partial charge in [0.2, 0.25) is 0 Å². The minimum Gasteiger partial charge on any atom is -0.452 e. The number of aromatic nitrogens is 1. The van der Waals surface area contributed by atoms with Crippen molar-refractivity contribution in [3.8, 4) is 0 Å². The van der Waals surface area contributed by atoms with E-state index in [4.69, 9.17) is 27.9 Å². The fraction of sp³-hybridized carbons (Fsp3) is 0.150. The molecule has 0 saturated heterocycles. The van der Waals surface area contributed by atoms with Crippen molar-refractivity contribution in [1.29, 1.82) is 0 Å². The normalized spacial score (nSPS) is 10.6. The highest BCUT2D eigenvalue weighted by atomic mass is 35.5. The Hall–Kier alpha value is -2.63. The van der Waals surface area contributed by atoms with E-state index in [1.54, 1.807) is 49.6 Å². The molecule has 2 aromatic carbocycles. The zero-order valence-corrected chi connectivity index (χ0v) is 16.0. The van der Waals surface area contributed by atoms with Crippen LogP contribution in [0.4, 0.5) is 0 Å². The summed E-state index contributed by atoms with van der Waals surface area (Å²) < 4.78 is 5.18. The zero-order valence-electron chi connectivity index (χ0n) is 14.5. The van der Waals surface area contributed by atoms with Gasteiger partial charge in [-0.2, -0.15) is 0 Å². The summed E-state index contributed by atoms with van der Waals surface area (Å²) in [5, 5.41) is 1.70. The first-order chi connectivity index (χ1) is 13.0. The van der Waals surface area contributed by atoms with Crippen LogP contribution in [0.3, 0.4) is 0 Å². The molecular weight excluding hydrogens is 387 g/mol. The lowest BCUT2D eigenvalue weighted by Gasteiger charge is -2.17. The standard InChI is InChI=1S/C20H16Cl2N2O3/c1-24(11-13-7-8-16(21)17(22)10-13)18(25)12-27-20(26)15-6-2-4-14-5-3-9-23-19(14)15/h2-10H,11-12H2,1H3. The van der Waals surface area contributed by atoms with E-state index in [1.807, 2.05) is 12.1 Å². The molecule has 5 nitrogen and oxygen atoms in total. The first kappa shape index (κ1) is 19.1. The molecule has 138 valence electrons. The molecule has 3 aromatic rings. The summed E-state index contributed by atoms with van der Waals surface area (Å²) in [6.07, 6.45) is 1.61. The van der Waals surface area contributed by atoms with Crippen molar-refractivity contribution in [2.24, 2.45) is 0 Å². The fourth-order valence-electron chi connectivity index (χ4n) is 2.58. The molecule has 0 atom stereocenters. The van der Waals surface area contributed by atoms with Crippen LogP contribution in [-0.4, -0.2) is 35.4 Å². The van der Waals surface area contributed by atoms with Crippen molar-refractivity contribution in [1.82, 2.24) is 9.88 Å². The molecule has 1 amide bonds. The number of para-hydroxylation sites is 1. The molecule has 0 aliphatic carbocycles. The van der Waals surface area contributed by atoms with Crippen molar-refractivity contribution in [2.45, 2.75) is 6.54 Å². The summed E-state index contributed by atoms with van der Waals surface area (Å²) in [7, 11) is 1.62. The molecule has 0 aliphatic rings. The van der Waals surface area contributed by atoms with Crippen molar-refractivity contribution in [2.75, 3.05) is 13.7 Å². The third-order valence-electron chi connectivity index (χ3n) is 4.01. The van der Waals surface area contributed by atoms with Gasteiger partial charge in [0.05, 0.1) is 21.1 Å². The van der Waals surface area contributed by atoms with Gasteiger partial charge in [0.15, 0.2) is 6.61 Å². The van der Waals surface area contributed by atoms with Crippen LogP contribution in [0.15, 0.2) is 54.7 Å². The quantitative estimate of drug-likeness (QED) is 0.594. The first-order valence-electron chi connectivity index (χ1n) is 8.14. The van der Waals surface area contributed by atoms with Crippen LogP contribution < -0.4 is 0 Å². The maximum absolute atomic E-state index is 12.4. The van der Waals surface area contributed by atoms with Crippen LogP contribution in [0.1, 0.15) is 15.9 Å². The number of benzene rings is 2. The van der Waals surface area contributed by atoms with E-state index in [2.05, 4.69) is 4.98 Å². The number of hydrogen-bond donors (Lipinski definition) is 0. The van der Waals surface area contributed by atoms with Crippen molar-refractivity contribution in [3.05, 3.63) is 75.9 Å². The zero-order chi connectivity index (χ0) is 19.4. The highest BCUT2D eigenvalue weighted by Crippen LogP contribution is 2.23. The molecule has 0 bridgehead atoms. The largest absolute Gasteiger partial charge is 0.452 e. The number of pyridine rings is 1. The average Bonchev–Trinajstić information content (AvgIpc) is 2.68. The van der Waals surface area contributed by atoms with E-state index >= 15 is 0 Å². The summed E-state index contributed by atoms with van der Waals surface area (Å²) in [4.78, 5) is 30.3. The van der Waals surface area contributed by atoms with Crippen molar-refractivity contribution < 1.29 is 14.3 Å². The molecule has 0 N–H and O–H groups in total. The van der Waals surface area contributed by atoms with Crippen molar-refractivity contribution >= 4 is 46.0 Å². The fourth-order valence-corrected chi connectivity index (χ4v) is 2.90. The Labute approximate surface area is 166 Å². The summed E-state index contributed by atoms with van der Waals surface area (Å²) >= 11 is 11.9. The van der Waals surface area contributed by atoms with Crippen LogP contribution in [0, 0.1) is 0 Å².